The van der Waals surface area contributed by atoms with E-state index >= 15 is 0 Å². The van der Waals surface area contributed by atoms with Crippen LogP contribution in [0, 0.1) is 64.1 Å². The van der Waals surface area contributed by atoms with Crippen LogP contribution in [0.3, 0.4) is 0 Å². The predicted octanol–water partition coefficient (Wildman–Crippen LogP) is 17.3. The first kappa shape index (κ1) is 92.7. The average molecular weight is 2060 g/mol. The molecule has 0 aliphatic carbocycles. The molecule has 4 N–H and O–H groups in total. The third-order valence-electron chi connectivity index (χ3n) is 7.86. The number of nitriles is 1. The molecule has 0 amide bonds. The van der Waals surface area contributed by atoms with E-state index < -0.39 is 19.7 Å². The van der Waals surface area contributed by atoms with Gasteiger partial charge in [0.25, 0.3) is 22.7 Å². The first-order valence-corrected chi connectivity index (χ1v) is 32.4. The molecule has 2 radical (unpaired) electrons. The van der Waals surface area contributed by atoms with Crippen LogP contribution in [-0.4, -0.2) is 79.1 Å². The normalized spacial score (nSPS) is 9.10. The third-order valence-corrected chi connectivity index (χ3v) is 9.04. The fourth-order valence-corrected chi connectivity index (χ4v) is 5.97. The van der Waals surface area contributed by atoms with Crippen LogP contribution in [0.4, 0.5) is 28.4 Å². The van der Waals surface area contributed by atoms with Gasteiger partial charge in [-0.05, 0) is 98.4 Å². The average Bonchev–Trinajstić information content (AvgIpc) is 3.35. The molecule has 5 aromatic carbocycles. The van der Waals surface area contributed by atoms with E-state index in [1.807, 2.05) is 52.8 Å². The van der Waals surface area contributed by atoms with Crippen molar-refractivity contribution in [2.24, 2.45) is 4.99 Å². The Kier molecular flexibility index (Phi) is 68.4. The molecule has 0 aromatic heterocycles. The van der Waals surface area contributed by atoms with Gasteiger partial charge in [0.05, 0.1) is 45.9 Å². The molecule has 0 aliphatic rings. The molecule has 0 heterocycles. The maximum Gasteiger partial charge on any atom is 0.279 e. The zero-order valence-corrected chi connectivity index (χ0v) is 64.1. The summed E-state index contributed by atoms with van der Waals surface area (Å²) < 4.78 is 1.93. The quantitative estimate of drug-likeness (QED) is 0.0114. The second-order valence-electron chi connectivity index (χ2n) is 13.1. The van der Waals surface area contributed by atoms with E-state index in [-0.39, 0.29) is 79.4 Å². The number of carbonyl (C=O) groups is 1. The van der Waals surface area contributed by atoms with Crippen molar-refractivity contribution in [3.8, 4) is 6.07 Å². The first-order valence-electron chi connectivity index (χ1n) is 20.1. The van der Waals surface area contributed by atoms with Crippen LogP contribution in [0.15, 0.2) is 96.0 Å². The molecule has 0 bridgehead atoms. The van der Waals surface area contributed by atoms with Gasteiger partial charge in [-0.2, -0.15) is 5.26 Å². The first-order chi connectivity index (χ1) is 35.9. The van der Waals surface area contributed by atoms with Gasteiger partial charge in [0.1, 0.15) is -0.0619 Å². The molecule has 436 valence electrons. The van der Waals surface area contributed by atoms with Crippen molar-refractivity contribution in [1.29, 1.82) is 5.26 Å². The number of benzene rings is 5. The van der Waals surface area contributed by atoms with Gasteiger partial charge in [0.2, 0.25) is 0 Å². The smallest absolute Gasteiger partial charge is 0.279 e. The molecule has 19 nitrogen and oxygen atoms in total. The number of alkyl halides is 6. The molecule has 0 fully saturated rings. The molecular weight excluding hydrogens is 2000 g/mol. The van der Waals surface area contributed by atoms with E-state index in [4.69, 9.17) is 69.0 Å². The number of nitro benzene ring substituents is 4. The van der Waals surface area contributed by atoms with Crippen molar-refractivity contribution < 1.29 is 61.6 Å². The predicted molar refractivity (Wildman–Crippen MR) is 379 cm³/mol. The number of halogens is 12. The van der Waals surface area contributed by atoms with Crippen molar-refractivity contribution in [1.82, 2.24) is 15.5 Å². The minimum Gasteiger partial charge on any atom is -0.398 e. The molecule has 0 saturated carbocycles. The van der Waals surface area contributed by atoms with Crippen LogP contribution in [-0.2, 0) is 56.7 Å². The summed E-state index contributed by atoms with van der Waals surface area (Å²) in [5, 5.41) is 58.9. The molecule has 33 heteroatoms. The van der Waals surface area contributed by atoms with Crippen molar-refractivity contribution in [2.45, 2.75) is 19.6 Å². The summed E-state index contributed by atoms with van der Waals surface area (Å²) in [4.78, 5) is 61.0. The fraction of sp³-hybridized carbons (Fsp3) is 0.239. The Morgan fingerprint density at radius 3 is 1.32 bits per heavy atom. The van der Waals surface area contributed by atoms with E-state index in [0.717, 1.165) is 22.8 Å². The van der Waals surface area contributed by atoms with Crippen LogP contribution in [0.25, 0.3) is 0 Å². The van der Waals surface area contributed by atoms with Gasteiger partial charge >= 0.3 is 0 Å². The molecule has 0 aliphatic heterocycles. The van der Waals surface area contributed by atoms with Crippen molar-refractivity contribution in [3.63, 3.8) is 0 Å². The van der Waals surface area contributed by atoms with E-state index in [0.29, 0.717) is 56.2 Å². The van der Waals surface area contributed by atoms with Gasteiger partial charge in [-0.3, -0.25) is 60.1 Å². The van der Waals surface area contributed by atoms with Crippen LogP contribution in [0.1, 0.15) is 32.6 Å². The Hall–Kier alpha value is -0.0612. The Labute approximate surface area is 605 Å². The van der Waals surface area contributed by atoms with Crippen molar-refractivity contribution in [2.75, 3.05) is 47.8 Å². The SMILES string of the molecule is CI.CN(CC#N)Cc1cc(Cl)ccc1[N+](=O)[O-].CN=Cc1cc(Cl)ccc1[N+](=O)[O-].CNCc1cc(Cl)ccc1N.CNCc1cc(Cl)ccc1[N+](=O)[O-].IC(I)I.ICI.O=Cc1cc(Cl)ccc1[N+](=O)[O-].[CH2-]I.[CH3-].[V].[V]. The summed E-state index contributed by atoms with van der Waals surface area (Å²) in [6.07, 6.45) is 1.81. The van der Waals surface area contributed by atoms with Crippen LogP contribution < -0.4 is 16.4 Å². The Morgan fingerprint density at radius 2 is 0.962 bits per heavy atom. The molecule has 5 rings (SSSR count). The maximum atomic E-state index is 10.8. The zero-order chi connectivity index (χ0) is 59.5. The number of rotatable bonds is 13. The third kappa shape index (κ3) is 45.9. The minimum atomic E-state index is -0.625. The van der Waals surface area contributed by atoms with E-state index in [1.54, 1.807) is 44.2 Å². The van der Waals surface area contributed by atoms with Gasteiger partial charge in [0.15, 0.2) is 6.29 Å². The van der Waals surface area contributed by atoms with Crippen molar-refractivity contribution >= 4 is 257 Å². The molecule has 0 atom stereocenters. The summed E-state index contributed by atoms with van der Waals surface area (Å²) in [5.41, 5.74) is 8.92. The number of nitrogens with two attached hydrogens (primary N) is 1. The second kappa shape index (κ2) is 58.3. The Bertz CT molecular complexity index is 2630. The number of carbonyl (C=O) groups excluding carboxylic acids is 1. The maximum absolute atomic E-state index is 10.8. The minimum absolute atomic E-state index is 0. The summed E-state index contributed by atoms with van der Waals surface area (Å²) in [5.74, 6) is 0. The van der Waals surface area contributed by atoms with E-state index in [9.17, 15) is 45.3 Å². The largest absolute Gasteiger partial charge is 0.398 e. The van der Waals surface area contributed by atoms with Gasteiger partial charge in [-0.25, -0.2) is 0 Å². The number of nitro groups is 4. The monoisotopic (exact) mass is 2050 g/mol. The summed E-state index contributed by atoms with van der Waals surface area (Å²) >= 11 is 44.0. The molecule has 0 saturated heterocycles. The van der Waals surface area contributed by atoms with Crippen LogP contribution in [0.2, 0.25) is 25.1 Å². The van der Waals surface area contributed by atoms with Gasteiger partial charge < -0.3 is 46.4 Å². The number of hydrogen-bond acceptors (Lipinski definition) is 15. The fourth-order valence-electron chi connectivity index (χ4n) is 5.03. The Balaban J connectivity index is -0.000000156. The topological polar surface area (TPSA) is 279 Å². The summed E-state index contributed by atoms with van der Waals surface area (Å²) in [7, 11) is 6.86. The van der Waals surface area contributed by atoms with Crippen molar-refractivity contribution in [3.05, 3.63) is 197 Å². The number of hydrogen-bond donors (Lipinski definition) is 3. The number of nitrogens with zero attached hydrogens (tertiary/aromatic N) is 7. The number of anilines is 1. The molecule has 79 heavy (non-hydrogen) atoms. The summed E-state index contributed by atoms with van der Waals surface area (Å²) in [6.45, 7) is 1.73. The van der Waals surface area contributed by atoms with Crippen LogP contribution in [0.5, 0.6) is 0 Å². The van der Waals surface area contributed by atoms with Gasteiger partial charge in [0, 0.05) is 136 Å². The molecular formula is C46H52Cl5I7N10O9V2-2. The standard InChI is InChI=1S/C10H10ClN3O2.C8H9ClN2O2.C8H7ClN2O2.C8H11ClN2.C7H4ClNO3.CHI3.CH2I2.CH3I.CH2I.CH3.2V/c1-13(5-4-12)7-8-6-9(11)2-3-10(8)14(15)16;2*1-10-5-6-4-7(9)2-3-8(6)11(12)13;1-11-5-6-4-7(9)2-3-8(6)10;8-6-1-2-7(9(11)12)5(3-6)4-10;2-1(3)4;2-1-3;2*1-2;;;/h2-3,6H,5,7H2,1H3;2-4,10H,5H2,1H3;2-5H,1H3;2-4,11H,5,10H2,1H3;1-4H;1H;1H2;1H3;1H2;1H3;;/q;;;;;;;;2*-1;;. The zero-order valence-electron chi connectivity index (χ0n) is 42.4. The number of nitrogen functional groups attached to an aromatic ring is 1. The summed E-state index contributed by atoms with van der Waals surface area (Å²) in [6, 6.07) is 24.5. The molecule has 0 unspecified atom stereocenters. The van der Waals surface area contributed by atoms with Gasteiger partial charge in [-0.15, -0.1) is 0 Å². The molecule has 0 spiro atoms. The number of aliphatic imine (C=N–C) groups is 1. The van der Waals surface area contributed by atoms with Gasteiger partial charge in [-0.1, -0.05) is 194 Å². The van der Waals surface area contributed by atoms with E-state index in [2.05, 4.69) is 156 Å². The van der Waals surface area contributed by atoms with Crippen LogP contribution >= 0.6 is 216 Å². The number of nitrogens with one attached hydrogen (secondary N) is 2. The molecule has 5 aromatic rings. The van der Waals surface area contributed by atoms with E-state index in [1.165, 1.54) is 69.3 Å². The Morgan fingerprint density at radius 1 is 0.658 bits per heavy atom. The number of aldehydes is 1. The second-order valence-corrected chi connectivity index (χ2v) is 30.6.